The predicted molar refractivity (Wildman–Crippen MR) is 125 cm³/mol. The van der Waals surface area contributed by atoms with Crippen LogP contribution in [0.1, 0.15) is 40.7 Å². The SMILES string of the molecule is CCNC(=NCCc1cccc(C(=O)N(C)C)c1)NC(C)c1cccs1.I. The predicted octanol–water partition coefficient (Wildman–Crippen LogP) is 3.93. The number of benzene rings is 1. The lowest BCUT2D eigenvalue weighted by Gasteiger charge is -2.16. The zero-order chi connectivity index (χ0) is 18.9. The van der Waals surface area contributed by atoms with Crippen molar-refractivity contribution in [1.82, 2.24) is 15.5 Å². The Kier molecular flexibility index (Phi) is 10.4. The van der Waals surface area contributed by atoms with Crippen LogP contribution in [0.5, 0.6) is 0 Å². The van der Waals surface area contributed by atoms with Gasteiger partial charge < -0.3 is 15.5 Å². The molecule has 2 N–H and O–H groups in total. The van der Waals surface area contributed by atoms with E-state index in [0.29, 0.717) is 12.1 Å². The number of nitrogens with zero attached hydrogens (tertiary/aromatic N) is 2. The summed E-state index contributed by atoms with van der Waals surface area (Å²) in [5.41, 5.74) is 1.83. The van der Waals surface area contributed by atoms with Crippen molar-refractivity contribution in [1.29, 1.82) is 0 Å². The van der Waals surface area contributed by atoms with E-state index in [9.17, 15) is 4.79 Å². The van der Waals surface area contributed by atoms with Gasteiger partial charge in [0.15, 0.2) is 5.96 Å². The highest BCUT2D eigenvalue weighted by atomic mass is 127. The van der Waals surface area contributed by atoms with Gasteiger partial charge in [-0.05, 0) is 49.4 Å². The molecule has 1 aromatic heterocycles. The van der Waals surface area contributed by atoms with E-state index in [0.717, 1.165) is 24.5 Å². The second-order valence-corrected chi connectivity index (χ2v) is 7.27. The normalized spacial score (nSPS) is 12.1. The van der Waals surface area contributed by atoms with E-state index >= 15 is 0 Å². The maximum absolute atomic E-state index is 12.1. The van der Waals surface area contributed by atoms with Crippen molar-refractivity contribution in [2.45, 2.75) is 26.3 Å². The number of carbonyl (C=O) groups excluding carboxylic acids is 1. The number of carbonyl (C=O) groups is 1. The van der Waals surface area contributed by atoms with Crippen LogP contribution < -0.4 is 10.6 Å². The maximum Gasteiger partial charge on any atom is 0.253 e. The molecule has 1 atom stereocenters. The molecule has 0 aliphatic carbocycles. The Morgan fingerprint density at radius 1 is 1.26 bits per heavy atom. The van der Waals surface area contributed by atoms with Gasteiger partial charge in [-0.2, -0.15) is 0 Å². The highest BCUT2D eigenvalue weighted by Crippen LogP contribution is 2.17. The molecule has 0 spiro atoms. The average molecular weight is 500 g/mol. The molecule has 7 heteroatoms. The summed E-state index contributed by atoms with van der Waals surface area (Å²) in [5, 5.41) is 8.81. The van der Waals surface area contributed by atoms with E-state index in [4.69, 9.17) is 0 Å². The van der Waals surface area contributed by atoms with Crippen molar-refractivity contribution in [2.24, 2.45) is 4.99 Å². The minimum absolute atomic E-state index is 0. The fraction of sp³-hybridized carbons (Fsp3) is 0.400. The fourth-order valence-corrected chi connectivity index (χ4v) is 3.28. The molecule has 0 radical (unpaired) electrons. The van der Waals surface area contributed by atoms with E-state index in [1.54, 1.807) is 30.3 Å². The van der Waals surface area contributed by atoms with E-state index in [1.165, 1.54) is 4.88 Å². The Balaban J connectivity index is 0.00000364. The summed E-state index contributed by atoms with van der Waals surface area (Å²) in [5.74, 6) is 0.837. The van der Waals surface area contributed by atoms with Gasteiger partial charge in [0.1, 0.15) is 0 Å². The van der Waals surface area contributed by atoms with Crippen LogP contribution in [0, 0.1) is 0 Å². The summed E-state index contributed by atoms with van der Waals surface area (Å²) < 4.78 is 0. The average Bonchev–Trinajstić information content (AvgIpc) is 3.16. The van der Waals surface area contributed by atoms with Gasteiger partial charge >= 0.3 is 0 Å². The van der Waals surface area contributed by atoms with E-state index in [1.807, 2.05) is 24.3 Å². The molecule has 148 valence electrons. The minimum Gasteiger partial charge on any atom is -0.357 e. The van der Waals surface area contributed by atoms with Gasteiger partial charge in [-0.25, -0.2) is 0 Å². The third-order valence-electron chi connectivity index (χ3n) is 3.92. The molecule has 1 unspecified atom stereocenters. The molecule has 1 amide bonds. The molecule has 1 aromatic carbocycles. The highest BCUT2D eigenvalue weighted by Gasteiger charge is 2.09. The monoisotopic (exact) mass is 500 g/mol. The molecule has 0 bridgehead atoms. The standard InChI is InChI=1S/C20H28N4OS.HI/c1-5-21-20(23-15(2)18-10-7-13-26-18)22-12-11-16-8-6-9-17(14-16)19(25)24(3)4;/h6-10,13-15H,5,11-12H2,1-4H3,(H2,21,22,23);1H. The Bertz CT molecular complexity index is 731. The molecule has 0 fully saturated rings. The summed E-state index contributed by atoms with van der Waals surface area (Å²) >= 11 is 1.74. The van der Waals surface area contributed by atoms with Crippen LogP contribution in [0.4, 0.5) is 0 Å². The van der Waals surface area contributed by atoms with Gasteiger partial charge in [0.2, 0.25) is 0 Å². The molecular formula is C20H29IN4OS. The van der Waals surface area contributed by atoms with Gasteiger partial charge in [0.25, 0.3) is 5.91 Å². The molecule has 0 saturated carbocycles. The molecule has 27 heavy (non-hydrogen) atoms. The van der Waals surface area contributed by atoms with Gasteiger partial charge in [-0.15, -0.1) is 35.3 Å². The number of rotatable bonds is 7. The zero-order valence-corrected chi connectivity index (χ0v) is 19.5. The third kappa shape index (κ3) is 7.50. The van der Waals surface area contributed by atoms with E-state index in [2.05, 4.69) is 47.0 Å². The minimum atomic E-state index is 0. The van der Waals surface area contributed by atoms with Crippen LogP contribution in [0.3, 0.4) is 0 Å². The van der Waals surface area contributed by atoms with E-state index < -0.39 is 0 Å². The van der Waals surface area contributed by atoms with Crippen molar-refractivity contribution < 1.29 is 4.79 Å². The third-order valence-corrected chi connectivity index (χ3v) is 4.97. The number of thiophene rings is 1. The summed E-state index contributed by atoms with van der Waals surface area (Å²) in [6.45, 7) is 5.67. The molecule has 2 aromatic rings. The summed E-state index contributed by atoms with van der Waals surface area (Å²) in [4.78, 5) is 19.6. The van der Waals surface area contributed by atoms with Gasteiger partial charge in [-0.3, -0.25) is 9.79 Å². The molecule has 1 heterocycles. The molecule has 0 saturated heterocycles. The molecular weight excluding hydrogens is 471 g/mol. The van der Waals surface area contributed by atoms with Crippen molar-refractivity contribution in [3.05, 3.63) is 57.8 Å². The van der Waals surface area contributed by atoms with Crippen molar-refractivity contribution in [2.75, 3.05) is 27.2 Å². The second kappa shape index (κ2) is 12.0. The lowest BCUT2D eigenvalue weighted by Crippen LogP contribution is -2.38. The van der Waals surface area contributed by atoms with Crippen molar-refractivity contribution >= 4 is 47.2 Å². The fourth-order valence-electron chi connectivity index (χ4n) is 2.55. The number of hydrogen-bond acceptors (Lipinski definition) is 3. The first-order chi connectivity index (χ1) is 12.5. The summed E-state index contributed by atoms with van der Waals surface area (Å²) in [6, 6.07) is 12.2. The summed E-state index contributed by atoms with van der Waals surface area (Å²) in [6.07, 6.45) is 0.790. The lowest BCUT2D eigenvalue weighted by molar-refractivity contribution is 0.0827. The zero-order valence-electron chi connectivity index (χ0n) is 16.4. The quantitative estimate of drug-likeness (QED) is 0.344. The Labute approximate surface area is 183 Å². The lowest BCUT2D eigenvalue weighted by atomic mass is 10.1. The van der Waals surface area contributed by atoms with Crippen LogP contribution in [0.15, 0.2) is 46.8 Å². The molecule has 2 rings (SSSR count). The van der Waals surface area contributed by atoms with Crippen LogP contribution in [-0.4, -0.2) is 44.0 Å². The number of aliphatic imine (C=N–C) groups is 1. The Morgan fingerprint density at radius 2 is 2.04 bits per heavy atom. The number of nitrogens with one attached hydrogen (secondary N) is 2. The number of halogens is 1. The molecule has 0 aliphatic heterocycles. The van der Waals surface area contributed by atoms with Crippen LogP contribution in [0.2, 0.25) is 0 Å². The second-order valence-electron chi connectivity index (χ2n) is 6.29. The van der Waals surface area contributed by atoms with Crippen LogP contribution >= 0.6 is 35.3 Å². The molecule has 5 nitrogen and oxygen atoms in total. The van der Waals surface area contributed by atoms with Gasteiger partial charge in [-0.1, -0.05) is 18.2 Å². The smallest absolute Gasteiger partial charge is 0.253 e. The van der Waals surface area contributed by atoms with E-state index in [-0.39, 0.29) is 35.9 Å². The van der Waals surface area contributed by atoms with Crippen LogP contribution in [0.25, 0.3) is 0 Å². The van der Waals surface area contributed by atoms with Crippen molar-refractivity contribution in [3.63, 3.8) is 0 Å². The van der Waals surface area contributed by atoms with Crippen molar-refractivity contribution in [3.8, 4) is 0 Å². The summed E-state index contributed by atoms with van der Waals surface area (Å²) in [7, 11) is 3.53. The first-order valence-corrected chi connectivity index (χ1v) is 9.78. The first kappa shape index (κ1) is 23.4. The van der Waals surface area contributed by atoms with Crippen LogP contribution in [-0.2, 0) is 6.42 Å². The topological polar surface area (TPSA) is 56.7 Å². The van der Waals surface area contributed by atoms with Gasteiger partial charge in [0.05, 0.1) is 6.04 Å². The highest BCUT2D eigenvalue weighted by molar-refractivity contribution is 14.0. The Hall–Kier alpha value is -1.61. The number of amides is 1. The molecule has 0 aliphatic rings. The Morgan fingerprint density at radius 3 is 2.67 bits per heavy atom. The number of guanidine groups is 1. The first-order valence-electron chi connectivity index (χ1n) is 8.90. The largest absolute Gasteiger partial charge is 0.357 e. The van der Waals surface area contributed by atoms with Gasteiger partial charge in [0, 0.05) is 37.6 Å². The maximum atomic E-state index is 12.1. The number of hydrogen-bond donors (Lipinski definition) is 2.